The molecule has 1 nitrogen and oxygen atoms in total. The summed E-state index contributed by atoms with van der Waals surface area (Å²) in [6, 6.07) is 11.4. The highest BCUT2D eigenvalue weighted by atomic mass is 79.9. The van der Waals surface area contributed by atoms with Gasteiger partial charge in [0.1, 0.15) is 5.82 Å². The van der Waals surface area contributed by atoms with Crippen molar-refractivity contribution in [2.24, 2.45) is 5.73 Å². The zero-order valence-corrected chi connectivity index (χ0v) is 11.2. The normalized spacial score (nSPS) is 12.5. The van der Waals surface area contributed by atoms with Gasteiger partial charge in [0.05, 0.1) is 6.04 Å². The van der Waals surface area contributed by atoms with Crippen LogP contribution >= 0.6 is 27.5 Å². The Balaban J connectivity index is 2.43. The molecule has 0 amide bonds. The Hall–Kier alpha value is -0.900. The summed E-state index contributed by atoms with van der Waals surface area (Å²) in [4.78, 5) is 0. The molecule has 2 aromatic carbocycles. The lowest BCUT2D eigenvalue weighted by molar-refractivity contribution is 0.600. The third-order valence-corrected chi connectivity index (χ3v) is 3.40. The molecule has 4 heteroatoms. The Morgan fingerprint density at radius 3 is 2.35 bits per heavy atom. The summed E-state index contributed by atoms with van der Waals surface area (Å²) >= 11 is 9.32. The van der Waals surface area contributed by atoms with E-state index in [1.165, 1.54) is 6.07 Å². The summed E-state index contributed by atoms with van der Waals surface area (Å²) in [5.74, 6) is -0.382. The maximum absolute atomic E-state index is 13.7. The molecule has 2 N–H and O–H groups in total. The molecule has 0 radical (unpaired) electrons. The summed E-state index contributed by atoms with van der Waals surface area (Å²) < 4.78 is 14.6. The quantitative estimate of drug-likeness (QED) is 0.879. The Bertz CT molecular complexity index is 507. The minimum atomic E-state index is -0.559. The van der Waals surface area contributed by atoms with Crippen molar-refractivity contribution in [3.8, 4) is 0 Å². The molecule has 0 bridgehead atoms. The first kappa shape index (κ1) is 12.6. The van der Waals surface area contributed by atoms with Crippen LogP contribution in [-0.2, 0) is 0 Å². The van der Waals surface area contributed by atoms with E-state index in [-0.39, 0.29) is 5.82 Å². The molecule has 0 aromatic heterocycles. The first-order chi connectivity index (χ1) is 8.09. The molecule has 0 aliphatic heterocycles. The van der Waals surface area contributed by atoms with Crippen LogP contribution < -0.4 is 5.73 Å². The topological polar surface area (TPSA) is 26.0 Å². The minimum absolute atomic E-state index is 0.330. The van der Waals surface area contributed by atoms with Crippen LogP contribution in [0.2, 0.25) is 5.02 Å². The van der Waals surface area contributed by atoms with Crippen LogP contribution in [0.25, 0.3) is 0 Å². The van der Waals surface area contributed by atoms with Crippen molar-refractivity contribution in [1.82, 2.24) is 0 Å². The number of halogens is 3. The number of rotatable bonds is 2. The maximum atomic E-state index is 13.7. The minimum Gasteiger partial charge on any atom is -0.320 e. The Morgan fingerprint density at radius 2 is 1.76 bits per heavy atom. The first-order valence-electron chi connectivity index (χ1n) is 5.04. The van der Waals surface area contributed by atoms with Gasteiger partial charge in [-0.2, -0.15) is 0 Å². The van der Waals surface area contributed by atoms with E-state index in [9.17, 15) is 4.39 Å². The summed E-state index contributed by atoms with van der Waals surface area (Å²) in [5.41, 5.74) is 7.18. The second kappa shape index (κ2) is 5.17. The number of nitrogens with two attached hydrogens (primary N) is 1. The Morgan fingerprint density at radius 1 is 1.12 bits per heavy atom. The zero-order chi connectivity index (χ0) is 12.4. The highest BCUT2D eigenvalue weighted by Crippen LogP contribution is 2.29. The second-order valence-corrected chi connectivity index (χ2v) is 4.99. The molecule has 0 heterocycles. The Labute approximate surface area is 113 Å². The molecule has 1 atom stereocenters. The highest BCUT2D eigenvalue weighted by Gasteiger charge is 2.16. The van der Waals surface area contributed by atoms with Crippen molar-refractivity contribution in [2.45, 2.75) is 6.04 Å². The largest absolute Gasteiger partial charge is 0.320 e. The SMILES string of the molecule is NC(c1ccc(Br)cc1)c1c(F)cccc1Cl. The van der Waals surface area contributed by atoms with E-state index in [0.717, 1.165) is 10.0 Å². The molecule has 0 aliphatic rings. The molecule has 0 fully saturated rings. The van der Waals surface area contributed by atoms with E-state index in [0.29, 0.717) is 10.6 Å². The highest BCUT2D eigenvalue weighted by molar-refractivity contribution is 9.10. The fourth-order valence-electron chi connectivity index (χ4n) is 1.64. The summed E-state index contributed by atoms with van der Waals surface area (Å²) in [6.45, 7) is 0. The third-order valence-electron chi connectivity index (χ3n) is 2.54. The van der Waals surface area contributed by atoms with Crippen molar-refractivity contribution in [3.63, 3.8) is 0 Å². The molecule has 17 heavy (non-hydrogen) atoms. The van der Waals surface area contributed by atoms with Crippen LogP contribution in [0.15, 0.2) is 46.9 Å². The van der Waals surface area contributed by atoms with Crippen molar-refractivity contribution >= 4 is 27.5 Å². The predicted octanol–water partition coefficient (Wildman–Crippen LogP) is 4.29. The van der Waals surface area contributed by atoms with Gasteiger partial charge in [0.2, 0.25) is 0 Å². The van der Waals surface area contributed by atoms with Gasteiger partial charge in [-0.25, -0.2) is 4.39 Å². The van der Waals surface area contributed by atoms with E-state index >= 15 is 0 Å². The van der Waals surface area contributed by atoms with Crippen LogP contribution in [0.1, 0.15) is 17.2 Å². The van der Waals surface area contributed by atoms with Gasteiger partial charge in [-0.05, 0) is 29.8 Å². The zero-order valence-electron chi connectivity index (χ0n) is 8.83. The number of hydrogen-bond acceptors (Lipinski definition) is 1. The summed E-state index contributed by atoms with van der Waals surface area (Å²) in [7, 11) is 0. The number of hydrogen-bond donors (Lipinski definition) is 1. The molecule has 0 aliphatic carbocycles. The van der Waals surface area contributed by atoms with Crippen molar-refractivity contribution in [1.29, 1.82) is 0 Å². The van der Waals surface area contributed by atoms with Gasteiger partial charge in [-0.3, -0.25) is 0 Å². The molecular formula is C13H10BrClFN. The predicted molar refractivity (Wildman–Crippen MR) is 71.6 cm³/mol. The molecule has 2 rings (SSSR count). The van der Waals surface area contributed by atoms with Gasteiger partial charge < -0.3 is 5.73 Å². The standard InChI is InChI=1S/C13H10BrClFN/c14-9-6-4-8(5-7-9)13(17)12-10(15)2-1-3-11(12)16/h1-7,13H,17H2. The molecule has 0 saturated carbocycles. The Kier molecular flexibility index (Phi) is 3.82. The average molecular weight is 315 g/mol. The fraction of sp³-hybridized carbons (Fsp3) is 0.0769. The van der Waals surface area contributed by atoms with Crippen molar-refractivity contribution in [3.05, 3.63) is 68.9 Å². The molecule has 0 spiro atoms. The molecule has 88 valence electrons. The van der Waals surface area contributed by atoms with Gasteiger partial charge in [-0.1, -0.05) is 45.7 Å². The van der Waals surface area contributed by atoms with E-state index in [1.54, 1.807) is 12.1 Å². The van der Waals surface area contributed by atoms with E-state index in [4.69, 9.17) is 17.3 Å². The monoisotopic (exact) mass is 313 g/mol. The van der Waals surface area contributed by atoms with Crippen molar-refractivity contribution < 1.29 is 4.39 Å². The lowest BCUT2D eigenvalue weighted by Gasteiger charge is -2.15. The first-order valence-corrected chi connectivity index (χ1v) is 6.21. The molecule has 1 unspecified atom stereocenters. The second-order valence-electron chi connectivity index (χ2n) is 3.66. The van der Waals surface area contributed by atoms with Gasteiger partial charge in [-0.15, -0.1) is 0 Å². The van der Waals surface area contributed by atoms with Crippen LogP contribution in [0.4, 0.5) is 4.39 Å². The van der Waals surface area contributed by atoms with E-state index < -0.39 is 6.04 Å². The van der Waals surface area contributed by atoms with Gasteiger partial charge in [0.15, 0.2) is 0 Å². The third kappa shape index (κ3) is 2.68. The maximum Gasteiger partial charge on any atom is 0.129 e. The summed E-state index contributed by atoms with van der Waals surface area (Å²) in [5, 5.41) is 0.348. The van der Waals surface area contributed by atoms with Gasteiger partial charge in [0, 0.05) is 15.1 Å². The van der Waals surface area contributed by atoms with Crippen LogP contribution in [0.5, 0.6) is 0 Å². The lowest BCUT2D eigenvalue weighted by Crippen LogP contribution is -2.14. The van der Waals surface area contributed by atoms with Crippen LogP contribution in [-0.4, -0.2) is 0 Å². The molecular weight excluding hydrogens is 305 g/mol. The summed E-state index contributed by atoms with van der Waals surface area (Å²) in [6.07, 6.45) is 0. The smallest absolute Gasteiger partial charge is 0.129 e. The fourth-order valence-corrected chi connectivity index (χ4v) is 2.19. The van der Waals surface area contributed by atoms with Crippen molar-refractivity contribution in [2.75, 3.05) is 0 Å². The van der Waals surface area contributed by atoms with E-state index in [1.807, 2.05) is 24.3 Å². The van der Waals surface area contributed by atoms with Crippen LogP contribution in [0.3, 0.4) is 0 Å². The molecule has 0 saturated heterocycles. The van der Waals surface area contributed by atoms with Crippen LogP contribution in [0, 0.1) is 5.82 Å². The van der Waals surface area contributed by atoms with Gasteiger partial charge in [0.25, 0.3) is 0 Å². The number of benzene rings is 2. The lowest BCUT2D eigenvalue weighted by atomic mass is 9.99. The van der Waals surface area contributed by atoms with Gasteiger partial charge >= 0.3 is 0 Å². The van der Waals surface area contributed by atoms with E-state index in [2.05, 4.69) is 15.9 Å². The average Bonchev–Trinajstić information content (AvgIpc) is 2.29. The molecule has 2 aromatic rings.